The van der Waals surface area contributed by atoms with Crippen molar-refractivity contribution in [3.63, 3.8) is 0 Å². The largest absolute Gasteiger partial charge is 0.349 e. The quantitative estimate of drug-likeness (QED) is 0.709. The first-order chi connectivity index (χ1) is 10.7. The third-order valence-corrected chi connectivity index (χ3v) is 6.33. The Morgan fingerprint density at radius 2 is 1.92 bits per heavy atom. The smallest absolute Gasteiger partial charge is 0.224 e. The maximum absolute atomic E-state index is 12.9. The first kappa shape index (κ1) is 20.9. The Hall–Kier alpha value is -1.18. The fourth-order valence-corrected chi connectivity index (χ4v) is 4.14. The van der Waals surface area contributed by atoms with Gasteiger partial charge in [0.05, 0.1) is 16.2 Å². The summed E-state index contributed by atoms with van der Waals surface area (Å²) in [7, 11) is -3.65. The number of amides is 1. The standard InChI is InChI=1S/C16H23FN2O3S.ClH/c1-11(15(20)19-16(2,10-18)12-3-4-12)9-23(21,22)14-7-5-13(17)6-8-14;/h5-8,11-12H,3-4,9-10,18H2,1-2H3,(H,19,20);1H. The van der Waals surface area contributed by atoms with Crippen molar-refractivity contribution in [1.82, 2.24) is 5.32 Å². The monoisotopic (exact) mass is 378 g/mol. The molecule has 3 N–H and O–H groups in total. The lowest BCUT2D eigenvalue weighted by Gasteiger charge is -2.30. The van der Waals surface area contributed by atoms with E-state index < -0.39 is 27.1 Å². The number of benzene rings is 1. The first-order valence-electron chi connectivity index (χ1n) is 7.68. The summed E-state index contributed by atoms with van der Waals surface area (Å²) in [5.74, 6) is -1.50. The molecule has 0 aliphatic heterocycles. The van der Waals surface area contributed by atoms with Crippen LogP contribution in [0.25, 0.3) is 0 Å². The highest BCUT2D eigenvalue weighted by Gasteiger charge is 2.42. The third-order valence-electron chi connectivity index (χ3n) is 4.40. The van der Waals surface area contributed by atoms with E-state index in [0.717, 1.165) is 25.0 Å². The Labute approximate surface area is 148 Å². The number of nitrogens with two attached hydrogens (primary N) is 1. The maximum atomic E-state index is 12.9. The van der Waals surface area contributed by atoms with Crippen molar-refractivity contribution in [1.29, 1.82) is 0 Å². The molecule has 2 atom stereocenters. The number of carbonyl (C=O) groups is 1. The number of nitrogens with one attached hydrogen (secondary N) is 1. The summed E-state index contributed by atoms with van der Waals surface area (Å²) in [5.41, 5.74) is 5.28. The predicted molar refractivity (Wildman–Crippen MR) is 93.2 cm³/mol. The Balaban J connectivity index is 0.00000288. The summed E-state index contributed by atoms with van der Waals surface area (Å²) >= 11 is 0. The number of hydrogen-bond acceptors (Lipinski definition) is 4. The van der Waals surface area contributed by atoms with Gasteiger partial charge in [0.1, 0.15) is 5.82 Å². The van der Waals surface area contributed by atoms with Crippen LogP contribution in [-0.4, -0.2) is 32.2 Å². The second-order valence-corrected chi connectivity index (χ2v) is 8.56. The number of halogens is 2. The molecule has 5 nitrogen and oxygen atoms in total. The molecule has 1 aromatic carbocycles. The molecule has 1 fully saturated rings. The highest BCUT2D eigenvalue weighted by atomic mass is 35.5. The average molecular weight is 379 g/mol. The number of rotatable bonds is 7. The molecule has 1 amide bonds. The van der Waals surface area contributed by atoms with Gasteiger partial charge in [-0.3, -0.25) is 4.79 Å². The van der Waals surface area contributed by atoms with Crippen LogP contribution in [0.4, 0.5) is 4.39 Å². The highest BCUT2D eigenvalue weighted by Crippen LogP contribution is 2.39. The Bertz CT molecular complexity index is 677. The van der Waals surface area contributed by atoms with Crippen LogP contribution in [0.15, 0.2) is 29.2 Å². The molecule has 136 valence electrons. The van der Waals surface area contributed by atoms with Crippen LogP contribution in [0, 0.1) is 17.7 Å². The van der Waals surface area contributed by atoms with Gasteiger partial charge in [-0.2, -0.15) is 0 Å². The second kappa shape index (κ2) is 7.80. The van der Waals surface area contributed by atoms with Crippen LogP contribution in [0.3, 0.4) is 0 Å². The van der Waals surface area contributed by atoms with Crippen molar-refractivity contribution in [3.05, 3.63) is 30.1 Å². The van der Waals surface area contributed by atoms with E-state index in [1.165, 1.54) is 12.1 Å². The molecule has 8 heteroatoms. The van der Waals surface area contributed by atoms with Crippen molar-refractivity contribution in [2.45, 2.75) is 37.1 Å². The SMILES string of the molecule is CC(CS(=O)(=O)c1ccc(F)cc1)C(=O)NC(C)(CN)C1CC1.Cl. The van der Waals surface area contributed by atoms with Gasteiger partial charge in [0.2, 0.25) is 5.91 Å². The van der Waals surface area contributed by atoms with Gasteiger partial charge in [0.15, 0.2) is 9.84 Å². The predicted octanol–water partition coefficient (Wildman–Crippen LogP) is 1.90. The van der Waals surface area contributed by atoms with E-state index in [1.807, 2.05) is 6.92 Å². The Kier molecular flexibility index (Phi) is 6.78. The van der Waals surface area contributed by atoms with Gasteiger partial charge >= 0.3 is 0 Å². The van der Waals surface area contributed by atoms with Crippen molar-refractivity contribution in [2.75, 3.05) is 12.3 Å². The summed E-state index contributed by atoms with van der Waals surface area (Å²) in [5, 5.41) is 2.90. The van der Waals surface area contributed by atoms with Crippen molar-refractivity contribution in [2.24, 2.45) is 17.6 Å². The van der Waals surface area contributed by atoms with Gasteiger partial charge in [-0.15, -0.1) is 12.4 Å². The Morgan fingerprint density at radius 3 is 2.38 bits per heavy atom. The summed E-state index contributed by atoms with van der Waals surface area (Å²) in [4.78, 5) is 12.3. The van der Waals surface area contributed by atoms with Crippen molar-refractivity contribution >= 4 is 28.2 Å². The van der Waals surface area contributed by atoms with Crippen molar-refractivity contribution < 1.29 is 17.6 Å². The minimum Gasteiger partial charge on any atom is -0.349 e. The van der Waals surface area contributed by atoms with Crippen molar-refractivity contribution in [3.8, 4) is 0 Å². The normalized spacial score (nSPS) is 18.2. The number of carbonyl (C=O) groups excluding carboxylic acids is 1. The molecular formula is C16H24ClFN2O3S. The van der Waals surface area contributed by atoms with Crippen LogP contribution in [-0.2, 0) is 14.6 Å². The lowest BCUT2D eigenvalue weighted by molar-refractivity contribution is -0.125. The summed E-state index contributed by atoms with van der Waals surface area (Å²) < 4.78 is 37.5. The Morgan fingerprint density at radius 1 is 1.38 bits per heavy atom. The molecule has 1 saturated carbocycles. The molecule has 0 spiro atoms. The van der Waals surface area contributed by atoms with E-state index in [4.69, 9.17) is 5.73 Å². The van der Waals surface area contributed by atoms with E-state index in [2.05, 4.69) is 5.32 Å². The van der Waals surface area contributed by atoms with Gasteiger partial charge in [-0.25, -0.2) is 12.8 Å². The fourth-order valence-electron chi connectivity index (χ4n) is 2.59. The molecule has 0 heterocycles. The molecule has 1 aliphatic rings. The molecule has 0 bridgehead atoms. The minimum atomic E-state index is -3.65. The zero-order valence-electron chi connectivity index (χ0n) is 13.8. The average Bonchev–Trinajstić information content (AvgIpc) is 3.32. The first-order valence-corrected chi connectivity index (χ1v) is 9.33. The molecular weight excluding hydrogens is 355 g/mol. The molecule has 0 radical (unpaired) electrons. The maximum Gasteiger partial charge on any atom is 0.224 e. The summed E-state index contributed by atoms with van der Waals surface area (Å²) in [6, 6.07) is 4.61. The molecule has 2 unspecified atom stereocenters. The summed E-state index contributed by atoms with van der Waals surface area (Å²) in [6.07, 6.45) is 2.05. The van der Waals surface area contributed by atoms with Crippen LogP contribution in [0.2, 0.25) is 0 Å². The van der Waals surface area contributed by atoms with Crippen LogP contribution in [0.1, 0.15) is 26.7 Å². The van der Waals surface area contributed by atoms with Crippen LogP contribution >= 0.6 is 12.4 Å². The zero-order chi connectivity index (χ0) is 17.3. The summed E-state index contributed by atoms with van der Waals surface area (Å²) in [6.45, 7) is 3.78. The van der Waals surface area contributed by atoms with Gasteiger partial charge in [-0.05, 0) is 49.9 Å². The number of hydrogen-bond donors (Lipinski definition) is 2. The van der Waals surface area contributed by atoms with Gasteiger partial charge in [0.25, 0.3) is 0 Å². The topological polar surface area (TPSA) is 89.3 Å². The lowest BCUT2D eigenvalue weighted by Crippen LogP contribution is -2.55. The molecule has 1 aliphatic carbocycles. The van der Waals surface area contributed by atoms with E-state index in [9.17, 15) is 17.6 Å². The van der Waals surface area contributed by atoms with E-state index in [0.29, 0.717) is 12.5 Å². The van der Waals surface area contributed by atoms with Gasteiger partial charge in [0, 0.05) is 12.5 Å². The number of sulfone groups is 1. The molecule has 24 heavy (non-hydrogen) atoms. The highest BCUT2D eigenvalue weighted by molar-refractivity contribution is 7.91. The van der Waals surface area contributed by atoms with Crippen LogP contribution in [0.5, 0.6) is 0 Å². The molecule has 1 aromatic rings. The van der Waals surface area contributed by atoms with E-state index in [-0.39, 0.29) is 29.0 Å². The molecule has 2 rings (SSSR count). The molecule has 0 aromatic heterocycles. The zero-order valence-corrected chi connectivity index (χ0v) is 15.4. The van der Waals surface area contributed by atoms with E-state index in [1.54, 1.807) is 6.92 Å². The lowest BCUT2D eigenvalue weighted by atomic mass is 9.95. The van der Waals surface area contributed by atoms with Gasteiger partial charge in [-0.1, -0.05) is 6.92 Å². The minimum absolute atomic E-state index is 0. The third kappa shape index (κ3) is 4.91. The van der Waals surface area contributed by atoms with Gasteiger partial charge < -0.3 is 11.1 Å². The van der Waals surface area contributed by atoms with E-state index >= 15 is 0 Å². The second-order valence-electron chi connectivity index (χ2n) is 6.52. The fraction of sp³-hybridized carbons (Fsp3) is 0.562. The van der Waals surface area contributed by atoms with Crippen LogP contribution < -0.4 is 11.1 Å². The molecule has 0 saturated heterocycles.